The fourth-order valence-electron chi connectivity index (χ4n) is 2.85. The predicted molar refractivity (Wildman–Crippen MR) is 95.8 cm³/mol. The molecule has 2 aromatic carbocycles. The molecule has 0 atom stereocenters. The maximum atomic E-state index is 14.7. The van der Waals surface area contributed by atoms with E-state index >= 15 is 0 Å². The van der Waals surface area contributed by atoms with E-state index in [2.05, 4.69) is 5.16 Å². The first-order valence-corrected chi connectivity index (χ1v) is 9.87. The summed E-state index contributed by atoms with van der Waals surface area (Å²) in [5, 5.41) is 22.4. The minimum atomic E-state index is -3.97. The molecule has 28 heavy (non-hydrogen) atoms. The second-order valence-electron chi connectivity index (χ2n) is 6.14. The normalized spacial score (nSPS) is 11.4. The highest BCUT2D eigenvalue weighted by Crippen LogP contribution is 2.38. The molecule has 3 rings (SSSR count). The number of nitriles is 1. The maximum Gasteiger partial charge on any atom is 0.178 e. The molecule has 0 saturated heterocycles. The van der Waals surface area contributed by atoms with Crippen molar-refractivity contribution in [3.8, 4) is 28.5 Å². The summed E-state index contributed by atoms with van der Waals surface area (Å²) in [6.07, 6.45) is 0.772. The van der Waals surface area contributed by atoms with Gasteiger partial charge < -0.3 is 9.63 Å². The zero-order chi connectivity index (χ0) is 20.6. The van der Waals surface area contributed by atoms with Crippen molar-refractivity contribution >= 4 is 9.84 Å². The topological polar surface area (TPSA) is 104 Å². The number of rotatable bonds is 4. The second kappa shape index (κ2) is 7.14. The number of hydrogen-bond acceptors (Lipinski definition) is 6. The zero-order valence-electron chi connectivity index (χ0n) is 14.8. The van der Waals surface area contributed by atoms with Crippen LogP contribution in [0.4, 0.5) is 8.78 Å². The smallest absolute Gasteiger partial charge is 0.178 e. The third-order valence-electron chi connectivity index (χ3n) is 4.24. The van der Waals surface area contributed by atoms with Crippen molar-refractivity contribution in [2.24, 2.45) is 0 Å². The van der Waals surface area contributed by atoms with Crippen molar-refractivity contribution in [1.82, 2.24) is 5.16 Å². The summed E-state index contributed by atoms with van der Waals surface area (Å²) in [6, 6.07) is 8.81. The molecule has 6 nitrogen and oxygen atoms in total. The number of halogens is 2. The highest BCUT2D eigenvalue weighted by Gasteiger charge is 2.26. The summed E-state index contributed by atoms with van der Waals surface area (Å²) in [4.78, 5) is -0.772. The molecule has 1 heterocycles. The molecule has 0 fully saturated rings. The van der Waals surface area contributed by atoms with Crippen LogP contribution in [-0.4, -0.2) is 24.9 Å². The molecule has 0 bridgehead atoms. The zero-order valence-corrected chi connectivity index (χ0v) is 15.6. The number of aryl methyl sites for hydroxylation is 1. The summed E-state index contributed by atoms with van der Waals surface area (Å²) in [6.45, 7) is 1.07. The van der Waals surface area contributed by atoms with Crippen molar-refractivity contribution in [2.45, 2.75) is 18.4 Å². The number of aliphatic hydroxyl groups is 1. The molecule has 3 aromatic rings. The monoisotopic (exact) mass is 404 g/mol. The third kappa shape index (κ3) is 3.28. The van der Waals surface area contributed by atoms with E-state index in [1.165, 1.54) is 0 Å². The van der Waals surface area contributed by atoms with E-state index in [1.54, 1.807) is 25.1 Å². The predicted octanol–water partition coefficient (Wildman–Crippen LogP) is 3.36. The van der Waals surface area contributed by atoms with Crippen LogP contribution >= 0.6 is 0 Å². The van der Waals surface area contributed by atoms with Crippen LogP contribution in [0, 0.1) is 29.9 Å². The fourth-order valence-corrected chi connectivity index (χ4v) is 3.58. The number of nitrogens with zero attached hydrogens (tertiary/aromatic N) is 2. The molecule has 0 unspecified atom stereocenters. The van der Waals surface area contributed by atoms with E-state index in [4.69, 9.17) is 9.78 Å². The number of hydrogen-bond donors (Lipinski definition) is 1. The SMILES string of the molecule is Cc1cc(-c2noc(CO)c2-c2ccc(S(C)(=O)=O)c(F)c2F)ccc1C#N. The molecular formula is C19H14F2N2O4S. The molecule has 1 aromatic heterocycles. The van der Waals surface area contributed by atoms with Gasteiger partial charge in [-0.25, -0.2) is 17.2 Å². The lowest BCUT2D eigenvalue weighted by molar-refractivity contribution is 0.230. The number of aromatic nitrogens is 1. The molecule has 0 aliphatic heterocycles. The molecule has 0 radical (unpaired) electrons. The van der Waals surface area contributed by atoms with E-state index < -0.39 is 33.0 Å². The van der Waals surface area contributed by atoms with Crippen molar-refractivity contribution in [2.75, 3.05) is 6.26 Å². The van der Waals surface area contributed by atoms with Gasteiger partial charge in [0.2, 0.25) is 0 Å². The Balaban J connectivity index is 2.27. The minimum Gasteiger partial charge on any atom is -0.388 e. The summed E-state index contributed by atoms with van der Waals surface area (Å²) in [7, 11) is -3.97. The van der Waals surface area contributed by atoms with E-state index in [0.29, 0.717) is 16.7 Å². The van der Waals surface area contributed by atoms with Crippen LogP contribution in [0.5, 0.6) is 0 Å². The van der Waals surface area contributed by atoms with Crippen molar-refractivity contribution < 1.29 is 26.8 Å². The summed E-state index contributed by atoms with van der Waals surface area (Å²) in [5.41, 5.74) is 1.36. The van der Waals surface area contributed by atoms with Gasteiger partial charge in [0.25, 0.3) is 0 Å². The number of benzene rings is 2. The van der Waals surface area contributed by atoms with Gasteiger partial charge in [0, 0.05) is 17.4 Å². The molecule has 144 valence electrons. The molecule has 0 saturated carbocycles. The van der Waals surface area contributed by atoms with E-state index in [1.807, 2.05) is 6.07 Å². The first-order valence-electron chi connectivity index (χ1n) is 7.98. The van der Waals surface area contributed by atoms with Gasteiger partial charge >= 0.3 is 0 Å². The van der Waals surface area contributed by atoms with E-state index in [9.17, 15) is 22.3 Å². The summed E-state index contributed by atoms with van der Waals surface area (Å²) >= 11 is 0. The lowest BCUT2D eigenvalue weighted by atomic mass is 9.96. The maximum absolute atomic E-state index is 14.7. The Kier molecular flexibility index (Phi) is 5.02. The largest absolute Gasteiger partial charge is 0.388 e. The van der Waals surface area contributed by atoms with Gasteiger partial charge in [-0.05, 0) is 36.8 Å². The number of sulfone groups is 1. The Morgan fingerprint density at radius 1 is 1.21 bits per heavy atom. The van der Waals surface area contributed by atoms with Crippen molar-refractivity contribution in [3.63, 3.8) is 0 Å². The van der Waals surface area contributed by atoms with Crippen LogP contribution in [0.15, 0.2) is 39.8 Å². The quantitative estimate of drug-likeness (QED) is 0.715. The van der Waals surface area contributed by atoms with Gasteiger partial charge in [0.15, 0.2) is 27.2 Å². The van der Waals surface area contributed by atoms with Gasteiger partial charge in [0.1, 0.15) is 17.2 Å². The average Bonchev–Trinajstić information content (AvgIpc) is 3.06. The standard InChI is InChI=1S/C19H14F2N2O4S/c1-10-7-11(3-4-12(10)8-22)19-16(14(9-24)27-23-19)13-5-6-15(28(2,25)26)18(21)17(13)20/h3-7,24H,9H2,1-2H3. The molecule has 0 spiro atoms. The van der Waals surface area contributed by atoms with E-state index in [-0.39, 0.29) is 22.6 Å². The second-order valence-corrected chi connectivity index (χ2v) is 8.12. The lowest BCUT2D eigenvalue weighted by Crippen LogP contribution is -2.04. The average molecular weight is 404 g/mol. The van der Waals surface area contributed by atoms with Crippen LogP contribution in [-0.2, 0) is 16.4 Å². The van der Waals surface area contributed by atoms with Crippen LogP contribution in [0.1, 0.15) is 16.9 Å². The van der Waals surface area contributed by atoms with Gasteiger partial charge in [-0.3, -0.25) is 0 Å². The first kappa shape index (κ1) is 19.7. The van der Waals surface area contributed by atoms with Crippen molar-refractivity contribution in [3.05, 3.63) is 58.9 Å². The molecule has 0 aliphatic rings. The Morgan fingerprint density at radius 2 is 1.93 bits per heavy atom. The Morgan fingerprint density at radius 3 is 2.50 bits per heavy atom. The number of aliphatic hydroxyl groups excluding tert-OH is 1. The summed E-state index contributed by atoms with van der Waals surface area (Å²) in [5.74, 6) is -3.03. The van der Waals surface area contributed by atoms with Crippen LogP contribution in [0.3, 0.4) is 0 Å². The first-order chi connectivity index (χ1) is 13.2. The highest BCUT2D eigenvalue weighted by molar-refractivity contribution is 7.90. The Hall–Kier alpha value is -3.09. The third-order valence-corrected chi connectivity index (χ3v) is 5.36. The summed E-state index contributed by atoms with van der Waals surface area (Å²) < 4.78 is 57.4. The molecule has 0 aliphatic carbocycles. The minimum absolute atomic E-state index is 0.00283. The van der Waals surface area contributed by atoms with Crippen LogP contribution < -0.4 is 0 Å². The highest BCUT2D eigenvalue weighted by atomic mass is 32.2. The van der Waals surface area contributed by atoms with Gasteiger partial charge in [-0.15, -0.1) is 0 Å². The van der Waals surface area contributed by atoms with Gasteiger partial charge in [-0.1, -0.05) is 11.2 Å². The molecular weight excluding hydrogens is 390 g/mol. The van der Waals surface area contributed by atoms with E-state index in [0.717, 1.165) is 18.4 Å². The fraction of sp³-hybridized carbons (Fsp3) is 0.158. The van der Waals surface area contributed by atoms with Crippen molar-refractivity contribution in [1.29, 1.82) is 5.26 Å². The molecule has 0 amide bonds. The lowest BCUT2D eigenvalue weighted by Gasteiger charge is -2.09. The Bertz CT molecular complexity index is 1230. The van der Waals surface area contributed by atoms with Crippen LogP contribution in [0.2, 0.25) is 0 Å². The molecule has 9 heteroatoms. The Labute approximate surface area is 159 Å². The van der Waals surface area contributed by atoms with Crippen LogP contribution in [0.25, 0.3) is 22.4 Å². The van der Waals surface area contributed by atoms with Gasteiger partial charge in [0.05, 0.1) is 17.2 Å². The molecule has 1 N–H and O–H groups in total. The van der Waals surface area contributed by atoms with Gasteiger partial charge in [-0.2, -0.15) is 5.26 Å².